The third-order valence-electron chi connectivity index (χ3n) is 2.75. The maximum absolute atomic E-state index is 9.43. The van der Waals surface area contributed by atoms with Gasteiger partial charge in [0.1, 0.15) is 5.75 Å². The lowest BCUT2D eigenvalue weighted by Crippen LogP contribution is -2.22. The van der Waals surface area contributed by atoms with E-state index in [0.717, 1.165) is 16.3 Å². The van der Waals surface area contributed by atoms with Crippen molar-refractivity contribution in [3.63, 3.8) is 0 Å². The molecule has 4 N–H and O–H groups in total. The number of hydrogen-bond acceptors (Lipinski definition) is 3. The van der Waals surface area contributed by atoms with Crippen molar-refractivity contribution in [2.75, 3.05) is 0 Å². The SMILES string of the molecule is C[C@@H](O)[C@@H](N)c1ccc2cc(O)ccc2c1.Cl. The summed E-state index contributed by atoms with van der Waals surface area (Å²) in [5.41, 5.74) is 6.76. The molecule has 3 nitrogen and oxygen atoms in total. The van der Waals surface area contributed by atoms with Gasteiger partial charge in [0.25, 0.3) is 0 Å². The molecule has 4 heteroatoms. The first-order chi connectivity index (χ1) is 7.58. The summed E-state index contributed by atoms with van der Waals surface area (Å²) in [7, 11) is 0. The second-order valence-corrected chi connectivity index (χ2v) is 4.06. The second kappa shape index (κ2) is 5.36. The fourth-order valence-corrected chi connectivity index (χ4v) is 1.74. The van der Waals surface area contributed by atoms with Crippen LogP contribution in [0.3, 0.4) is 0 Å². The Morgan fingerprint density at radius 1 is 1.06 bits per heavy atom. The standard InChI is InChI=1S/C13H15NO2.ClH/c1-8(15)13(14)11-3-2-10-7-12(16)5-4-9(10)6-11;/h2-8,13,15-16H,14H2,1H3;1H/t8-,13-;/m1./s1. The highest BCUT2D eigenvalue weighted by Crippen LogP contribution is 2.24. The van der Waals surface area contributed by atoms with Crippen molar-refractivity contribution < 1.29 is 10.2 Å². The number of aliphatic hydroxyl groups is 1. The minimum absolute atomic E-state index is 0. The van der Waals surface area contributed by atoms with E-state index in [1.54, 1.807) is 19.1 Å². The summed E-state index contributed by atoms with van der Waals surface area (Å²) in [6.07, 6.45) is -0.574. The number of aromatic hydroxyl groups is 1. The summed E-state index contributed by atoms with van der Waals surface area (Å²) in [5, 5.41) is 20.7. The van der Waals surface area contributed by atoms with Gasteiger partial charge in [0.05, 0.1) is 12.1 Å². The summed E-state index contributed by atoms with van der Waals surface area (Å²) in [4.78, 5) is 0. The smallest absolute Gasteiger partial charge is 0.116 e. The molecular weight excluding hydrogens is 238 g/mol. The summed E-state index contributed by atoms with van der Waals surface area (Å²) in [6.45, 7) is 1.67. The largest absolute Gasteiger partial charge is 0.508 e. The molecule has 0 bridgehead atoms. The van der Waals surface area contributed by atoms with Crippen LogP contribution in [-0.4, -0.2) is 16.3 Å². The maximum atomic E-state index is 9.43. The molecule has 2 aromatic carbocycles. The van der Waals surface area contributed by atoms with Crippen molar-refractivity contribution in [3.8, 4) is 5.75 Å². The third-order valence-corrected chi connectivity index (χ3v) is 2.75. The first-order valence-corrected chi connectivity index (χ1v) is 5.24. The Kier molecular flexibility index (Phi) is 4.34. The van der Waals surface area contributed by atoms with Crippen molar-refractivity contribution in [3.05, 3.63) is 42.0 Å². The van der Waals surface area contributed by atoms with Crippen molar-refractivity contribution >= 4 is 23.2 Å². The van der Waals surface area contributed by atoms with Crippen LogP contribution >= 0.6 is 12.4 Å². The zero-order valence-corrected chi connectivity index (χ0v) is 10.3. The van der Waals surface area contributed by atoms with Gasteiger partial charge < -0.3 is 15.9 Å². The Morgan fingerprint density at radius 3 is 2.29 bits per heavy atom. The van der Waals surface area contributed by atoms with E-state index in [1.165, 1.54) is 0 Å². The fraction of sp³-hybridized carbons (Fsp3) is 0.231. The van der Waals surface area contributed by atoms with Gasteiger partial charge in [-0.25, -0.2) is 0 Å². The normalized spacial score (nSPS) is 14.1. The lowest BCUT2D eigenvalue weighted by atomic mass is 9.99. The van der Waals surface area contributed by atoms with Gasteiger partial charge >= 0.3 is 0 Å². The average molecular weight is 254 g/mol. The van der Waals surface area contributed by atoms with Crippen LogP contribution in [0.5, 0.6) is 5.75 Å². The molecular formula is C13H16ClNO2. The number of fused-ring (bicyclic) bond motifs is 1. The maximum Gasteiger partial charge on any atom is 0.116 e. The Balaban J connectivity index is 0.00000144. The number of aliphatic hydroxyl groups excluding tert-OH is 1. The van der Waals surface area contributed by atoms with Crippen LogP contribution in [-0.2, 0) is 0 Å². The minimum atomic E-state index is -0.574. The van der Waals surface area contributed by atoms with E-state index in [2.05, 4.69) is 0 Å². The van der Waals surface area contributed by atoms with Gasteiger partial charge in [-0.1, -0.05) is 18.2 Å². The fourth-order valence-electron chi connectivity index (χ4n) is 1.74. The van der Waals surface area contributed by atoms with Crippen molar-refractivity contribution in [2.24, 2.45) is 5.73 Å². The summed E-state index contributed by atoms with van der Waals surface area (Å²) in [5.74, 6) is 0.250. The Morgan fingerprint density at radius 2 is 1.65 bits per heavy atom. The Bertz CT molecular complexity index is 514. The van der Waals surface area contributed by atoms with E-state index >= 15 is 0 Å². The highest BCUT2D eigenvalue weighted by atomic mass is 35.5. The van der Waals surface area contributed by atoms with E-state index in [0.29, 0.717) is 0 Å². The van der Waals surface area contributed by atoms with Crippen LogP contribution in [0.25, 0.3) is 10.8 Å². The van der Waals surface area contributed by atoms with E-state index in [1.807, 2.05) is 24.3 Å². The van der Waals surface area contributed by atoms with E-state index in [-0.39, 0.29) is 24.2 Å². The quantitative estimate of drug-likeness (QED) is 0.770. The molecule has 0 spiro atoms. The van der Waals surface area contributed by atoms with Crippen LogP contribution in [0.15, 0.2) is 36.4 Å². The van der Waals surface area contributed by atoms with Crippen molar-refractivity contribution in [1.82, 2.24) is 0 Å². The molecule has 92 valence electrons. The van der Waals surface area contributed by atoms with Gasteiger partial charge in [-0.2, -0.15) is 0 Å². The zero-order chi connectivity index (χ0) is 11.7. The molecule has 0 aliphatic carbocycles. The Hall–Kier alpha value is -1.29. The number of rotatable bonds is 2. The summed E-state index contributed by atoms with van der Waals surface area (Å²) < 4.78 is 0. The van der Waals surface area contributed by atoms with Gasteiger partial charge in [-0.3, -0.25) is 0 Å². The molecule has 0 aromatic heterocycles. The lowest BCUT2D eigenvalue weighted by Gasteiger charge is -2.15. The number of phenols is 1. The molecule has 0 saturated carbocycles. The number of nitrogens with two attached hydrogens (primary N) is 1. The third kappa shape index (κ3) is 2.88. The molecule has 2 rings (SSSR count). The molecule has 0 aliphatic heterocycles. The first kappa shape index (κ1) is 13.8. The van der Waals surface area contributed by atoms with Crippen LogP contribution in [0.2, 0.25) is 0 Å². The molecule has 0 saturated heterocycles. The van der Waals surface area contributed by atoms with Crippen molar-refractivity contribution in [1.29, 1.82) is 0 Å². The topological polar surface area (TPSA) is 66.5 Å². The molecule has 2 atom stereocenters. The predicted molar refractivity (Wildman–Crippen MR) is 71.5 cm³/mol. The van der Waals surface area contributed by atoms with Gasteiger partial charge in [0.2, 0.25) is 0 Å². The second-order valence-electron chi connectivity index (χ2n) is 4.06. The van der Waals surface area contributed by atoms with Crippen LogP contribution in [0.4, 0.5) is 0 Å². The lowest BCUT2D eigenvalue weighted by molar-refractivity contribution is 0.164. The first-order valence-electron chi connectivity index (χ1n) is 5.24. The van der Waals surface area contributed by atoms with Gasteiger partial charge in [-0.15, -0.1) is 12.4 Å². The summed E-state index contributed by atoms with van der Waals surface area (Å²) in [6, 6.07) is 10.5. The molecule has 0 unspecified atom stereocenters. The highest BCUT2D eigenvalue weighted by Gasteiger charge is 2.12. The van der Waals surface area contributed by atoms with E-state index < -0.39 is 6.10 Å². The van der Waals surface area contributed by atoms with Crippen LogP contribution in [0.1, 0.15) is 18.5 Å². The molecule has 0 heterocycles. The highest BCUT2D eigenvalue weighted by molar-refractivity contribution is 5.85. The summed E-state index contributed by atoms with van der Waals surface area (Å²) >= 11 is 0. The van der Waals surface area contributed by atoms with E-state index in [4.69, 9.17) is 5.73 Å². The number of benzene rings is 2. The molecule has 0 amide bonds. The van der Waals surface area contributed by atoms with Crippen LogP contribution < -0.4 is 5.73 Å². The van der Waals surface area contributed by atoms with Crippen molar-refractivity contribution in [2.45, 2.75) is 19.1 Å². The Labute approximate surface area is 106 Å². The molecule has 2 aromatic rings. The van der Waals surface area contributed by atoms with Gasteiger partial charge in [0, 0.05) is 0 Å². The molecule has 0 fully saturated rings. The number of phenolic OH excluding ortho intramolecular Hbond substituents is 1. The van der Waals surface area contributed by atoms with Crippen LogP contribution in [0, 0.1) is 0 Å². The molecule has 0 aliphatic rings. The molecule has 17 heavy (non-hydrogen) atoms. The number of hydrogen-bond donors (Lipinski definition) is 3. The minimum Gasteiger partial charge on any atom is -0.508 e. The molecule has 0 radical (unpaired) electrons. The average Bonchev–Trinajstić information content (AvgIpc) is 2.27. The van der Waals surface area contributed by atoms with Gasteiger partial charge in [-0.05, 0) is 41.5 Å². The van der Waals surface area contributed by atoms with E-state index in [9.17, 15) is 10.2 Å². The zero-order valence-electron chi connectivity index (χ0n) is 9.50. The number of halogens is 1. The monoisotopic (exact) mass is 253 g/mol. The predicted octanol–water partition coefficient (Wildman–Crippen LogP) is 2.35. The van der Waals surface area contributed by atoms with Gasteiger partial charge in [0.15, 0.2) is 0 Å².